The Balaban J connectivity index is 1.79. The van der Waals surface area contributed by atoms with E-state index in [4.69, 9.17) is 0 Å². The molecule has 1 aliphatic heterocycles. The molecule has 1 heterocycles. The number of nitrogens with zero attached hydrogens (tertiary/aromatic N) is 1. The van der Waals surface area contributed by atoms with Crippen molar-refractivity contribution >= 4 is 5.69 Å². The van der Waals surface area contributed by atoms with Gasteiger partial charge in [-0.3, -0.25) is 0 Å². The first kappa shape index (κ1) is 11.0. The van der Waals surface area contributed by atoms with Crippen molar-refractivity contribution in [3.8, 4) is 0 Å². The fourth-order valence-corrected chi connectivity index (χ4v) is 2.49. The monoisotopic (exact) mass is 234 g/mol. The van der Waals surface area contributed by atoms with Gasteiger partial charge in [0.1, 0.15) is 5.82 Å². The minimum absolute atomic E-state index is 0.0774. The molecule has 17 heavy (non-hydrogen) atoms. The van der Waals surface area contributed by atoms with Gasteiger partial charge in [-0.15, -0.1) is 0 Å². The summed E-state index contributed by atoms with van der Waals surface area (Å²) < 4.78 is 13.8. The minimum atomic E-state index is -0.0774. The van der Waals surface area contributed by atoms with E-state index in [2.05, 4.69) is 16.3 Å². The normalized spacial score (nSPS) is 20.6. The first-order chi connectivity index (χ1) is 8.33. The molecule has 1 saturated heterocycles. The molecule has 1 N–H and O–H groups in total. The zero-order valence-electron chi connectivity index (χ0n) is 10.1. The fourth-order valence-electron chi connectivity index (χ4n) is 2.49. The van der Waals surface area contributed by atoms with Crippen molar-refractivity contribution in [2.24, 2.45) is 5.92 Å². The number of anilines is 1. The molecule has 3 rings (SSSR count). The number of hydrogen-bond donors (Lipinski definition) is 1. The van der Waals surface area contributed by atoms with E-state index in [0.717, 1.165) is 44.2 Å². The van der Waals surface area contributed by atoms with Crippen molar-refractivity contribution in [1.82, 2.24) is 5.32 Å². The molecule has 0 unspecified atom stereocenters. The second-order valence-electron chi connectivity index (χ2n) is 5.17. The van der Waals surface area contributed by atoms with E-state index in [0.29, 0.717) is 0 Å². The van der Waals surface area contributed by atoms with Gasteiger partial charge in [0.25, 0.3) is 0 Å². The molecule has 1 aliphatic carbocycles. The summed E-state index contributed by atoms with van der Waals surface area (Å²) in [5, 5.41) is 3.30. The number of nitrogens with one attached hydrogen (secondary N) is 1. The van der Waals surface area contributed by atoms with Gasteiger partial charge >= 0.3 is 0 Å². The maximum Gasteiger partial charge on any atom is 0.146 e. The second-order valence-corrected chi connectivity index (χ2v) is 5.17. The molecule has 0 atom stereocenters. The fraction of sp³-hybridized carbons (Fsp3) is 0.571. The lowest BCUT2D eigenvalue weighted by molar-refractivity contribution is 0.565. The topological polar surface area (TPSA) is 15.3 Å². The SMILES string of the molecule is Fc1ccc(CC2CC2)cc1N1CCNCC1. The van der Waals surface area contributed by atoms with Crippen molar-refractivity contribution in [2.45, 2.75) is 19.3 Å². The van der Waals surface area contributed by atoms with Gasteiger partial charge in [-0.25, -0.2) is 4.39 Å². The molecule has 1 aromatic rings. The summed E-state index contributed by atoms with van der Waals surface area (Å²) in [6.07, 6.45) is 3.82. The van der Waals surface area contributed by atoms with Gasteiger partial charge in [0.05, 0.1) is 5.69 Å². The molecule has 0 radical (unpaired) electrons. The molecule has 2 nitrogen and oxygen atoms in total. The third kappa shape index (κ3) is 2.60. The highest BCUT2D eigenvalue weighted by Crippen LogP contribution is 2.33. The molecule has 0 bridgehead atoms. The molecule has 0 aromatic heterocycles. The van der Waals surface area contributed by atoms with Crippen LogP contribution in [-0.2, 0) is 6.42 Å². The lowest BCUT2D eigenvalue weighted by Crippen LogP contribution is -2.43. The molecule has 92 valence electrons. The third-order valence-corrected chi connectivity index (χ3v) is 3.69. The maximum absolute atomic E-state index is 13.8. The summed E-state index contributed by atoms with van der Waals surface area (Å²) in [6, 6.07) is 5.63. The minimum Gasteiger partial charge on any atom is -0.367 e. The van der Waals surface area contributed by atoms with Crippen molar-refractivity contribution in [3.63, 3.8) is 0 Å². The third-order valence-electron chi connectivity index (χ3n) is 3.69. The van der Waals surface area contributed by atoms with Gasteiger partial charge in [0.2, 0.25) is 0 Å². The molecular weight excluding hydrogens is 215 g/mol. The van der Waals surface area contributed by atoms with Crippen LogP contribution in [0.3, 0.4) is 0 Å². The maximum atomic E-state index is 13.8. The van der Waals surface area contributed by atoms with E-state index in [1.807, 2.05) is 6.07 Å². The van der Waals surface area contributed by atoms with Crippen LogP contribution in [0.1, 0.15) is 18.4 Å². The molecule has 0 amide bonds. The van der Waals surface area contributed by atoms with Crippen molar-refractivity contribution < 1.29 is 4.39 Å². The van der Waals surface area contributed by atoms with Crippen LogP contribution < -0.4 is 10.2 Å². The molecule has 0 spiro atoms. The van der Waals surface area contributed by atoms with Crippen LogP contribution in [0, 0.1) is 11.7 Å². The van der Waals surface area contributed by atoms with Crippen LogP contribution in [0.25, 0.3) is 0 Å². The van der Waals surface area contributed by atoms with E-state index < -0.39 is 0 Å². The van der Waals surface area contributed by atoms with E-state index in [1.54, 1.807) is 6.07 Å². The number of halogens is 1. The Hall–Kier alpha value is -1.09. The highest BCUT2D eigenvalue weighted by molar-refractivity contribution is 5.50. The largest absolute Gasteiger partial charge is 0.367 e. The van der Waals surface area contributed by atoms with E-state index in [9.17, 15) is 4.39 Å². The van der Waals surface area contributed by atoms with Crippen molar-refractivity contribution in [1.29, 1.82) is 0 Å². The average molecular weight is 234 g/mol. The summed E-state index contributed by atoms with van der Waals surface area (Å²) in [5.74, 6) is 0.780. The van der Waals surface area contributed by atoms with Crippen LogP contribution in [0.5, 0.6) is 0 Å². The van der Waals surface area contributed by atoms with E-state index in [-0.39, 0.29) is 5.82 Å². The molecule has 2 aliphatic rings. The first-order valence-electron chi connectivity index (χ1n) is 6.57. The number of rotatable bonds is 3. The zero-order chi connectivity index (χ0) is 11.7. The molecule has 1 aromatic carbocycles. The van der Waals surface area contributed by atoms with Gasteiger partial charge in [-0.2, -0.15) is 0 Å². The lowest BCUT2D eigenvalue weighted by Gasteiger charge is -2.30. The Kier molecular flexibility index (Phi) is 3.02. The summed E-state index contributed by atoms with van der Waals surface area (Å²) in [5.41, 5.74) is 2.09. The highest BCUT2D eigenvalue weighted by Gasteiger charge is 2.22. The first-order valence-corrected chi connectivity index (χ1v) is 6.57. The standard InChI is InChI=1S/C14H19FN2/c15-13-4-3-12(9-11-1-2-11)10-14(13)17-7-5-16-6-8-17/h3-4,10-11,16H,1-2,5-9H2. The molecule has 3 heteroatoms. The number of hydrogen-bond acceptors (Lipinski definition) is 2. The highest BCUT2D eigenvalue weighted by atomic mass is 19.1. The Morgan fingerprint density at radius 2 is 2.00 bits per heavy atom. The Labute approximate surface area is 102 Å². The van der Waals surface area contributed by atoms with Gasteiger partial charge < -0.3 is 10.2 Å². The zero-order valence-corrected chi connectivity index (χ0v) is 10.1. The van der Waals surface area contributed by atoms with Crippen molar-refractivity contribution in [3.05, 3.63) is 29.6 Å². The average Bonchev–Trinajstić information content (AvgIpc) is 3.17. The summed E-state index contributed by atoms with van der Waals surface area (Å²) in [7, 11) is 0. The predicted octanol–water partition coefficient (Wildman–Crippen LogP) is 2.19. The quantitative estimate of drug-likeness (QED) is 0.862. The summed E-state index contributed by atoms with van der Waals surface area (Å²) in [4.78, 5) is 2.15. The van der Waals surface area contributed by atoms with Crippen molar-refractivity contribution in [2.75, 3.05) is 31.1 Å². The Bertz CT molecular complexity index is 395. The Morgan fingerprint density at radius 3 is 2.71 bits per heavy atom. The van der Waals surface area contributed by atoms with Crippen LogP contribution in [0.2, 0.25) is 0 Å². The van der Waals surface area contributed by atoms with Gasteiger partial charge in [-0.05, 0) is 42.9 Å². The van der Waals surface area contributed by atoms with E-state index in [1.165, 1.54) is 18.4 Å². The Morgan fingerprint density at radius 1 is 1.24 bits per heavy atom. The van der Waals surface area contributed by atoms with Crippen LogP contribution >= 0.6 is 0 Å². The summed E-state index contributed by atoms with van der Waals surface area (Å²) >= 11 is 0. The van der Waals surface area contributed by atoms with E-state index >= 15 is 0 Å². The smallest absolute Gasteiger partial charge is 0.146 e. The molecule has 2 fully saturated rings. The van der Waals surface area contributed by atoms with Crippen LogP contribution in [0.15, 0.2) is 18.2 Å². The summed E-state index contributed by atoms with van der Waals surface area (Å²) in [6.45, 7) is 3.71. The number of piperazine rings is 1. The van der Waals surface area contributed by atoms with Crippen LogP contribution in [-0.4, -0.2) is 26.2 Å². The molecule has 1 saturated carbocycles. The van der Waals surface area contributed by atoms with Crippen LogP contribution in [0.4, 0.5) is 10.1 Å². The number of benzene rings is 1. The second kappa shape index (κ2) is 4.65. The predicted molar refractivity (Wildman–Crippen MR) is 67.9 cm³/mol. The van der Waals surface area contributed by atoms with Gasteiger partial charge in [-0.1, -0.05) is 6.07 Å². The van der Waals surface area contributed by atoms with Gasteiger partial charge in [0.15, 0.2) is 0 Å². The van der Waals surface area contributed by atoms with Gasteiger partial charge in [0, 0.05) is 26.2 Å². The molecular formula is C14H19FN2. The lowest BCUT2D eigenvalue weighted by atomic mass is 10.1.